The molecule has 0 saturated carbocycles. The summed E-state index contributed by atoms with van der Waals surface area (Å²) in [4.78, 5) is -0.0779. The fourth-order valence-electron chi connectivity index (χ4n) is 3.01. The first-order valence-electron chi connectivity index (χ1n) is 7.82. The highest BCUT2D eigenvalue weighted by Gasteiger charge is 2.22. The first kappa shape index (κ1) is 16.8. The van der Waals surface area contributed by atoms with Gasteiger partial charge >= 0.3 is 0 Å². The van der Waals surface area contributed by atoms with Gasteiger partial charge in [0.15, 0.2) is 0 Å². The third-order valence-corrected chi connectivity index (χ3v) is 5.21. The van der Waals surface area contributed by atoms with Crippen molar-refractivity contribution >= 4 is 10.1 Å². The average molecular weight is 348 g/mol. The highest BCUT2D eigenvalue weighted by Crippen LogP contribution is 2.35. The van der Waals surface area contributed by atoms with Gasteiger partial charge in [-0.15, -0.1) is 0 Å². The van der Waals surface area contributed by atoms with Crippen molar-refractivity contribution in [3.63, 3.8) is 0 Å². The van der Waals surface area contributed by atoms with Gasteiger partial charge in [0, 0.05) is 5.56 Å². The van der Waals surface area contributed by atoms with Crippen LogP contribution in [0.15, 0.2) is 47.4 Å². The fraction of sp³-hybridized carbons (Fsp3) is 0.333. The predicted octanol–water partition coefficient (Wildman–Crippen LogP) is 3.13. The maximum atomic E-state index is 11.1. The van der Waals surface area contributed by atoms with E-state index in [4.69, 9.17) is 14.0 Å². The van der Waals surface area contributed by atoms with Gasteiger partial charge in [-0.3, -0.25) is 4.55 Å². The summed E-state index contributed by atoms with van der Waals surface area (Å²) in [7, 11) is -2.47. The SMILES string of the molecule is COc1cccc2c1CC(CCc1ccc(S(=O)(=O)O)cc1)CO2. The molecular weight excluding hydrogens is 328 g/mol. The van der Waals surface area contributed by atoms with Crippen molar-refractivity contribution in [1.29, 1.82) is 0 Å². The van der Waals surface area contributed by atoms with E-state index >= 15 is 0 Å². The molecule has 0 aliphatic carbocycles. The van der Waals surface area contributed by atoms with E-state index in [9.17, 15) is 8.42 Å². The molecule has 1 atom stereocenters. The lowest BCUT2D eigenvalue weighted by Gasteiger charge is -2.26. The van der Waals surface area contributed by atoms with Gasteiger partial charge in [-0.05, 0) is 55.0 Å². The molecule has 1 aliphatic heterocycles. The molecule has 0 spiro atoms. The van der Waals surface area contributed by atoms with E-state index in [1.807, 2.05) is 18.2 Å². The maximum absolute atomic E-state index is 11.1. The monoisotopic (exact) mass is 348 g/mol. The summed E-state index contributed by atoms with van der Waals surface area (Å²) >= 11 is 0. The lowest BCUT2D eigenvalue weighted by Crippen LogP contribution is -2.22. The number of aryl methyl sites for hydroxylation is 1. The third kappa shape index (κ3) is 3.71. The molecule has 0 saturated heterocycles. The first-order valence-corrected chi connectivity index (χ1v) is 9.26. The van der Waals surface area contributed by atoms with Crippen LogP contribution < -0.4 is 9.47 Å². The van der Waals surface area contributed by atoms with E-state index in [1.54, 1.807) is 19.2 Å². The Kier molecular flexibility index (Phi) is 4.78. The molecule has 1 unspecified atom stereocenters. The van der Waals surface area contributed by atoms with Crippen LogP contribution in [0, 0.1) is 5.92 Å². The zero-order valence-electron chi connectivity index (χ0n) is 13.4. The van der Waals surface area contributed by atoms with Crippen LogP contribution in [0.2, 0.25) is 0 Å². The summed E-state index contributed by atoms with van der Waals surface area (Å²) in [5, 5.41) is 0. The summed E-state index contributed by atoms with van der Waals surface area (Å²) < 4.78 is 42.4. The molecule has 3 rings (SSSR count). The quantitative estimate of drug-likeness (QED) is 0.841. The molecule has 0 amide bonds. The standard InChI is InChI=1S/C18H20O5S/c1-22-17-3-2-4-18-16(17)11-14(12-23-18)6-5-13-7-9-15(10-8-13)24(19,20)21/h2-4,7-10,14H,5-6,11-12H2,1H3,(H,19,20,21). The molecule has 6 heteroatoms. The van der Waals surface area contributed by atoms with Gasteiger partial charge in [-0.2, -0.15) is 8.42 Å². The second kappa shape index (κ2) is 6.83. The van der Waals surface area contributed by atoms with Crippen molar-refractivity contribution in [1.82, 2.24) is 0 Å². The lowest BCUT2D eigenvalue weighted by atomic mass is 9.91. The van der Waals surface area contributed by atoms with Crippen molar-refractivity contribution in [2.45, 2.75) is 24.2 Å². The van der Waals surface area contributed by atoms with Crippen LogP contribution in [0.5, 0.6) is 11.5 Å². The van der Waals surface area contributed by atoms with Gasteiger partial charge in [0.25, 0.3) is 10.1 Å². The Morgan fingerprint density at radius 1 is 1.21 bits per heavy atom. The van der Waals surface area contributed by atoms with Crippen LogP contribution >= 0.6 is 0 Å². The van der Waals surface area contributed by atoms with Crippen molar-refractivity contribution in [2.24, 2.45) is 5.92 Å². The van der Waals surface area contributed by atoms with Crippen molar-refractivity contribution in [3.05, 3.63) is 53.6 Å². The summed E-state index contributed by atoms with van der Waals surface area (Å²) in [6.07, 6.45) is 2.66. The summed E-state index contributed by atoms with van der Waals surface area (Å²) in [6, 6.07) is 12.2. The van der Waals surface area contributed by atoms with Gasteiger partial charge in [0.2, 0.25) is 0 Å². The Balaban J connectivity index is 1.64. The number of hydrogen-bond acceptors (Lipinski definition) is 4. The molecule has 1 aliphatic rings. The molecule has 0 aromatic heterocycles. The Morgan fingerprint density at radius 3 is 2.62 bits per heavy atom. The Morgan fingerprint density at radius 2 is 1.96 bits per heavy atom. The largest absolute Gasteiger partial charge is 0.496 e. The molecule has 5 nitrogen and oxygen atoms in total. The van der Waals surface area contributed by atoms with Crippen molar-refractivity contribution in [3.8, 4) is 11.5 Å². The fourth-order valence-corrected chi connectivity index (χ4v) is 3.49. The summed E-state index contributed by atoms with van der Waals surface area (Å²) in [6.45, 7) is 0.670. The Hall–Kier alpha value is -2.05. The molecule has 1 N–H and O–H groups in total. The minimum absolute atomic E-state index is 0.0779. The highest BCUT2D eigenvalue weighted by atomic mass is 32.2. The molecule has 1 heterocycles. The van der Waals surface area contributed by atoms with Gasteiger partial charge in [-0.1, -0.05) is 18.2 Å². The minimum Gasteiger partial charge on any atom is -0.496 e. The van der Waals surface area contributed by atoms with Crippen molar-refractivity contribution < 1.29 is 22.4 Å². The second-order valence-corrected chi connectivity index (χ2v) is 7.40. The van der Waals surface area contributed by atoms with E-state index in [1.165, 1.54) is 12.1 Å². The molecule has 0 radical (unpaired) electrons. The number of ether oxygens (including phenoxy) is 2. The number of rotatable bonds is 5. The van der Waals surface area contributed by atoms with Crippen LogP contribution in [0.3, 0.4) is 0 Å². The first-order chi connectivity index (χ1) is 11.5. The lowest BCUT2D eigenvalue weighted by molar-refractivity contribution is 0.211. The number of fused-ring (bicyclic) bond motifs is 1. The Bertz CT molecular complexity index is 798. The van der Waals surface area contributed by atoms with Crippen molar-refractivity contribution in [2.75, 3.05) is 13.7 Å². The van der Waals surface area contributed by atoms with E-state index in [2.05, 4.69) is 0 Å². The molecule has 128 valence electrons. The minimum atomic E-state index is -4.13. The second-order valence-electron chi connectivity index (χ2n) is 5.98. The van der Waals surface area contributed by atoms with Gasteiger partial charge in [0.05, 0.1) is 18.6 Å². The number of methoxy groups -OCH3 is 1. The van der Waals surface area contributed by atoms with Gasteiger partial charge in [-0.25, -0.2) is 0 Å². The summed E-state index contributed by atoms with van der Waals surface area (Å²) in [5.74, 6) is 2.13. The molecular formula is C18H20O5S. The molecule has 2 aromatic carbocycles. The summed E-state index contributed by atoms with van der Waals surface area (Å²) in [5.41, 5.74) is 2.14. The van der Waals surface area contributed by atoms with Crippen LogP contribution in [0.25, 0.3) is 0 Å². The van der Waals surface area contributed by atoms with Crippen LogP contribution in [-0.2, 0) is 23.0 Å². The third-order valence-electron chi connectivity index (χ3n) is 4.34. The molecule has 24 heavy (non-hydrogen) atoms. The molecule has 0 fully saturated rings. The van der Waals surface area contributed by atoms with Crippen LogP contribution in [0.4, 0.5) is 0 Å². The normalized spacial score (nSPS) is 17.0. The Labute approximate surface area is 142 Å². The van der Waals surface area contributed by atoms with Crippen LogP contribution in [0.1, 0.15) is 17.5 Å². The zero-order valence-corrected chi connectivity index (χ0v) is 14.3. The van der Waals surface area contributed by atoms with Gasteiger partial charge in [0.1, 0.15) is 11.5 Å². The van der Waals surface area contributed by atoms with Gasteiger partial charge < -0.3 is 9.47 Å². The van der Waals surface area contributed by atoms with Crippen LogP contribution in [-0.4, -0.2) is 26.7 Å². The molecule has 2 aromatic rings. The van der Waals surface area contributed by atoms with E-state index in [0.29, 0.717) is 12.5 Å². The maximum Gasteiger partial charge on any atom is 0.294 e. The number of hydrogen-bond donors (Lipinski definition) is 1. The van der Waals surface area contributed by atoms with E-state index < -0.39 is 10.1 Å². The predicted molar refractivity (Wildman–Crippen MR) is 90.3 cm³/mol. The van der Waals surface area contributed by atoms with E-state index in [-0.39, 0.29) is 4.90 Å². The zero-order chi connectivity index (χ0) is 17.2. The smallest absolute Gasteiger partial charge is 0.294 e. The molecule has 0 bridgehead atoms. The average Bonchev–Trinajstić information content (AvgIpc) is 2.59. The topological polar surface area (TPSA) is 72.8 Å². The van der Waals surface area contributed by atoms with E-state index in [0.717, 1.165) is 41.9 Å². The number of benzene rings is 2. The highest BCUT2D eigenvalue weighted by molar-refractivity contribution is 7.85.